The quantitative estimate of drug-likeness (QED) is 0.707. The van der Waals surface area contributed by atoms with E-state index in [-0.39, 0.29) is 12.1 Å². The Labute approximate surface area is 110 Å². The largest absolute Gasteiger partial charge is 0.463 e. The molecule has 0 saturated heterocycles. The molecule has 0 aliphatic carbocycles. The third-order valence-electron chi connectivity index (χ3n) is 2.53. The van der Waals surface area contributed by atoms with Crippen LogP contribution >= 0.6 is 0 Å². The fourth-order valence-corrected chi connectivity index (χ4v) is 1.68. The summed E-state index contributed by atoms with van der Waals surface area (Å²) >= 11 is 0. The second-order valence-electron chi connectivity index (χ2n) is 4.90. The van der Waals surface area contributed by atoms with Crippen molar-refractivity contribution in [2.24, 2.45) is 5.92 Å². The maximum atomic E-state index is 11.5. The summed E-state index contributed by atoms with van der Waals surface area (Å²) in [6.07, 6.45) is 5.55. The maximum Gasteiger partial charge on any atom is 0.306 e. The molecule has 0 aliphatic rings. The molecule has 98 valence electrons. The lowest BCUT2D eigenvalue weighted by Crippen LogP contribution is -2.14. The number of hydrogen-bond acceptors (Lipinski definition) is 2. The molecule has 1 atom stereocenters. The van der Waals surface area contributed by atoms with Gasteiger partial charge in [0.2, 0.25) is 0 Å². The molecule has 0 spiro atoms. The summed E-state index contributed by atoms with van der Waals surface area (Å²) in [6, 6.07) is 10.2. The van der Waals surface area contributed by atoms with Crippen LogP contribution in [0.2, 0.25) is 0 Å². The number of carbonyl (C=O) groups excluding carboxylic acids is 1. The van der Waals surface area contributed by atoms with E-state index in [0.717, 1.165) is 6.42 Å². The van der Waals surface area contributed by atoms with Crippen molar-refractivity contribution in [2.75, 3.05) is 0 Å². The predicted molar refractivity (Wildman–Crippen MR) is 75.1 cm³/mol. The van der Waals surface area contributed by atoms with E-state index in [4.69, 9.17) is 4.74 Å². The molecule has 1 aromatic rings. The normalized spacial score (nSPS) is 12.9. The molecule has 18 heavy (non-hydrogen) atoms. The van der Waals surface area contributed by atoms with Crippen LogP contribution in [0, 0.1) is 5.92 Å². The highest BCUT2D eigenvalue weighted by Crippen LogP contribution is 2.12. The Kier molecular flexibility index (Phi) is 6.20. The standard InChI is InChI=1S/C16H22O2/c1-13(2)18-16(17)12-14(3)8-7-11-15-9-5-4-6-10-15/h4-7,9-11,13-14H,8,12H2,1-3H3/b11-7+. The number of rotatable bonds is 6. The van der Waals surface area contributed by atoms with Crippen LogP contribution in [0.15, 0.2) is 36.4 Å². The van der Waals surface area contributed by atoms with Gasteiger partial charge in [-0.15, -0.1) is 0 Å². The van der Waals surface area contributed by atoms with Gasteiger partial charge in [0.25, 0.3) is 0 Å². The van der Waals surface area contributed by atoms with Gasteiger partial charge >= 0.3 is 5.97 Å². The SMILES string of the molecule is CC(C/C=C/c1ccccc1)CC(=O)OC(C)C. The Morgan fingerprint density at radius 2 is 1.89 bits per heavy atom. The molecule has 0 saturated carbocycles. The zero-order valence-corrected chi connectivity index (χ0v) is 11.4. The van der Waals surface area contributed by atoms with Crippen LogP contribution in [0.3, 0.4) is 0 Å². The first kappa shape index (κ1) is 14.5. The molecular weight excluding hydrogens is 224 g/mol. The van der Waals surface area contributed by atoms with Gasteiger partial charge in [-0.3, -0.25) is 4.79 Å². The predicted octanol–water partition coefficient (Wildman–Crippen LogP) is 4.07. The van der Waals surface area contributed by atoms with Crippen molar-refractivity contribution in [3.63, 3.8) is 0 Å². The van der Waals surface area contributed by atoms with E-state index in [1.165, 1.54) is 5.56 Å². The van der Waals surface area contributed by atoms with Gasteiger partial charge in [0.05, 0.1) is 6.10 Å². The van der Waals surface area contributed by atoms with E-state index in [1.807, 2.05) is 32.0 Å². The van der Waals surface area contributed by atoms with Crippen LogP contribution in [0.4, 0.5) is 0 Å². The molecule has 0 bridgehead atoms. The fraction of sp³-hybridized carbons (Fsp3) is 0.438. The number of allylic oxidation sites excluding steroid dienone is 1. The minimum atomic E-state index is -0.106. The number of carbonyl (C=O) groups is 1. The van der Waals surface area contributed by atoms with Gasteiger partial charge < -0.3 is 4.74 Å². The Balaban J connectivity index is 2.31. The Bertz CT molecular complexity index is 379. The average molecular weight is 246 g/mol. The van der Waals surface area contributed by atoms with Crippen molar-refractivity contribution in [1.29, 1.82) is 0 Å². The van der Waals surface area contributed by atoms with Crippen LogP contribution in [-0.4, -0.2) is 12.1 Å². The van der Waals surface area contributed by atoms with E-state index in [1.54, 1.807) is 0 Å². The van der Waals surface area contributed by atoms with E-state index in [9.17, 15) is 4.79 Å². The molecule has 0 aromatic heterocycles. The lowest BCUT2D eigenvalue weighted by atomic mass is 10.0. The molecule has 2 heteroatoms. The highest BCUT2D eigenvalue weighted by atomic mass is 16.5. The molecule has 0 heterocycles. The summed E-state index contributed by atoms with van der Waals surface area (Å²) < 4.78 is 5.12. The molecule has 2 nitrogen and oxygen atoms in total. The van der Waals surface area contributed by atoms with Crippen molar-refractivity contribution in [1.82, 2.24) is 0 Å². The number of hydrogen-bond donors (Lipinski definition) is 0. The molecule has 0 radical (unpaired) electrons. The van der Waals surface area contributed by atoms with E-state index in [0.29, 0.717) is 12.3 Å². The number of esters is 1. The lowest BCUT2D eigenvalue weighted by molar-refractivity contribution is -0.148. The average Bonchev–Trinajstić information content (AvgIpc) is 2.29. The zero-order valence-electron chi connectivity index (χ0n) is 11.4. The van der Waals surface area contributed by atoms with Crippen LogP contribution in [0.25, 0.3) is 6.08 Å². The van der Waals surface area contributed by atoms with Crippen molar-refractivity contribution in [3.05, 3.63) is 42.0 Å². The smallest absolute Gasteiger partial charge is 0.306 e. The van der Waals surface area contributed by atoms with E-state index < -0.39 is 0 Å². The third kappa shape index (κ3) is 6.24. The summed E-state index contributed by atoms with van der Waals surface area (Å²) in [6.45, 7) is 5.81. The number of ether oxygens (including phenoxy) is 1. The van der Waals surface area contributed by atoms with Gasteiger partial charge in [-0.1, -0.05) is 49.4 Å². The highest BCUT2D eigenvalue weighted by molar-refractivity contribution is 5.69. The maximum absolute atomic E-state index is 11.5. The highest BCUT2D eigenvalue weighted by Gasteiger charge is 2.10. The summed E-state index contributed by atoms with van der Waals surface area (Å²) in [5, 5.41) is 0. The minimum absolute atomic E-state index is 0.0236. The third-order valence-corrected chi connectivity index (χ3v) is 2.53. The van der Waals surface area contributed by atoms with Crippen LogP contribution in [0.5, 0.6) is 0 Å². The van der Waals surface area contributed by atoms with Crippen molar-refractivity contribution in [3.8, 4) is 0 Å². The second-order valence-corrected chi connectivity index (χ2v) is 4.90. The topological polar surface area (TPSA) is 26.3 Å². The van der Waals surface area contributed by atoms with Gasteiger partial charge in [0, 0.05) is 6.42 Å². The molecule has 0 fully saturated rings. The lowest BCUT2D eigenvalue weighted by Gasteiger charge is -2.11. The number of benzene rings is 1. The fourth-order valence-electron chi connectivity index (χ4n) is 1.68. The zero-order chi connectivity index (χ0) is 13.4. The van der Waals surface area contributed by atoms with Gasteiger partial charge in [0.1, 0.15) is 0 Å². The van der Waals surface area contributed by atoms with Crippen LogP contribution < -0.4 is 0 Å². The Hall–Kier alpha value is -1.57. The van der Waals surface area contributed by atoms with Crippen LogP contribution in [-0.2, 0) is 9.53 Å². The Morgan fingerprint density at radius 3 is 2.50 bits per heavy atom. The molecule has 0 amide bonds. The second kappa shape index (κ2) is 7.70. The van der Waals surface area contributed by atoms with E-state index >= 15 is 0 Å². The molecular formula is C16H22O2. The summed E-state index contributed by atoms with van der Waals surface area (Å²) in [4.78, 5) is 11.5. The van der Waals surface area contributed by atoms with Crippen molar-refractivity contribution >= 4 is 12.0 Å². The molecule has 1 aromatic carbocycles. The minimum Gasteiger partial charge on any atom is -0.463 e. The van der Waals surface area contributed by atoms with E-state index in [2.05, 4.69) is 31.2 Å². The van der Waals surface area contributed by atoms with Crippen molar-refractivity contribution < 1.29 is 9.53 Å². The first-order valence-electron chi connectivity index (χ1n) is 6.49. The van der Waals surface area contributed by atoms with Gasteiger partial charge in [0.15, 0.2) is 0 Å². The van der Waals surface area contributed by atoms with Gasteiger partial charge in [-0.25, -0.2) is 0 Å². The molecule has 0 aliphatic heterocycles. The summed E-state index contributed by atoms with van der Waals surface area (Å²) in [5.41, 5.74) is 1.19. The van der Waals surface area contributed by atoms with Gasteiger partial charge in [-0.2, -0.15) is 0 Å². The van der Waals surface area contributed by atoms with Crippen molar-refractivity contribution in [2.45, 2.75) is 39.7 Å². The molecule has 1 rings (SSSR count). The summed E-state index contributed by atoms with van der Waals surface area (Å²) in [5.74, 6) is 0.210. The monoisotopic (exact) mass is 246 g/mol. The molecule has 0 N–H and O–H groups in total. The molecule has 1 unspecified atom stereocenters. The Morgan fingerprint density at radius 1 is 1.22 bits per heavy atom. The van der Waals surface area contributed by atoms with Crippen LogP contribution in [0.1, 0.15) is 39.2 Å². The summed E-state index contributed by atoms with van der Waals surface area (Å²) in [7, 11) is 0. The van der Waals surface area contributed by atoms with Gasteiger partial charge in [-0.05, 0) is 31.7 Å². The first-order chi connectivity index (χ1) is 8.58. The first-order valence-corrected chi connectivity index (χ1v) is 6.49.